The second kappa shape index (κ2) is 4.09. The molecule has 3 heteroatoms. The molecule has 76 valence electrons. The summed E-state index contributed by atoms with van der Waals surface area (Å²) in [6.45, 7) is 2.12. The number of nitrogen functional groups attached to an aromatic ring is 1. The topological polar surface area (TPSA) is 51.8 Å². The van der Waals surface area contributed by atoms with Gasteiger partial charge in [0.25, 0.3) is 0 Å². The highest BCUT2D eigenvalue weighted by atomic mass is 14.9. The molecule has 0 unspecified atom stereocenters. The van der Waals surface area contributed by atoms with Crippen LogP contribution in [0.15, 0.2) is 36.5 Å². The molecular weight excluding hydrogens is 186 g/mol. The lowest BCUT2D eigenvalue weighted by molar-refractivity contribution is 1.13. The lowest BCUT2D eigenvalue weighted by atomic mass is 10.1. The van der Waals surface area contributed by atoms with Crippen LogP contribution in [0, 0.1) is 0 Å². The van der Waals surface area contributed by atoms with Crippen molar-refractivity contribution in [3.05, 3.63) is 42.1 Å². The smallest absolute Gasteiger partial charge is 0.161 e. The maximum Gasteiger partial charge on any atom is 0.161 e. The highest BCUT2D eigenvalue weighted by molar-refractivity contribution is 5.57. The predicted molar refractivity (Wildman–Crippen MR) is 61.3 cm³/mol. The molecule has 0 saturated heterocycles. The molecular formula is C12H13N3. The van der Waals surface area contributed by atoms with Crippen molar-refractivity contribution >= 4 is 5.82 Å². The Balaban J connectivity index is 2.44. The Morgan fingerprint density at radius 2 is 2.13 bits per heavy atom. The summed E-state index contributed by atoms with van der Waals surface area (Å²) in [5.74, 6) is 1.19. The van der Waals surface area contributed by atoms with Crippen molar-refractivity contribution in [1.82, 2.24) is 9.97 Å². The molecule has 2 N–H and O–H groups in total. The number of benzene rings is 1. The third-order valence-electron chi connectivity index (χ3n) is 2.27. The van der Waals surface area contributed by atoms with E-state index in [2.05, 4.69) is 29.0 Å². The molecule has 3 nitrogen and oxygen atoms in total. The average Bonchev–Trinajstić information content (AvgIpc) is 2.29. The number of nitrogens with zero attached hydrogens (tertiary/aromatic N) is 2. The largest absolute Gasteiger partial charge is 0.384 e. The minimum absolute atomic E-state index is 0.502. The van der Waals surface area contributed by atoms with Gasteiger partial charge in [0.15, 0.2) is 5.82 Å². The summed E-state index contributed by atoms with van der Waals surface area (Å²) >= 11 is 0. The van der Waals surface area contributed by atoms with Crippen LogP contribution in [-0.4, -0.2) is 9.97 Å². The highest BCUT2D eigenvalue weighted by Crippen LogP contribution is 2.16. The minimum atomic E-state index is 0.502. The van der Waals surface area contributed by atoms with Crippen molar-refractivity contribution in [3.8, 4) is 11.4 Å². The van der Waals surface area contributed by atoms with E-state index < -0.39 is 0 Å². The van der Waals surface area contributed by atoms with Gasteiger partial charge < -0.3 is 5.73 Å². The number of anilines is 1. The molecule has 1 heterocycles. The van der Waals surface area contributed by atoms with Gasteiger partial charge >= 0.3 is 0 Å². The summed E-state index contributed by atoms with van der Waals surface area (Å²) in [6.07, 6.45) is 2.69. The van der Waals surface area contributed by atoms with Crippen LogP contribution in [0.25, 0.3) is 11.4 Å². The maximum absolute atomic E-state index is 5.62. The Kier molecular flexibility index (Phi) is 2.63. The Bertz CT molecular complexity index is 466. The molecule has 0 spiro atoms. The Morgan fingerprint density at radius 3 is 2.87 bits per heavy atom. The van der Waals surface area contributed by atoms with E-state index in [1.54, 1.807) is 12.3 Å². The lowest BCUT2D eigenvalue weighted by Crippen LogP contribution is -1.94. The lowest BCUT2D eigenvalue weighted by Gasteiger charge is -2.02. The molecule has 2 rings (SSSR count). The first kappa shape index (κ1) is 9.65. The van der Waals surface area contributed by atoms with E-state index in [9.17, 15) is 0 Å². The standard InChI is InChI=1S/C12H13N3/c1-2-9-4-3-5-10(8-9)12-14-7-6-11(13)15-12/h3-8H,2H2,1H3,(H2,13,14,15). The maximum atomic E-state index is 5.62. The first-order chi connectivity index (χ1) is 7.29. The van der Waals surface area contributed by atoms with Crippen molar-refractivity contribution in [1.29, 1.82) is 0 Å². The first-order valence-electron chi connectivity index (χ1n) is 4.97. The zero-order valence-corrected chi connectivity index (χ0v) is 8.64. The van der Waals surface area contributed by atoms with E-state index in [1.807, 2.05) is 12.1 Å². The number of hydrogen-bond donors (Lipinski definition) is 1. The van der Waals surface area contributed by atoms with Crippen LogP contribution in [0.3, 0.4) is 0 Å². The normalized spacial score (nSPS) is 10.2. The highest BCUT2D eigenvalue weighted by Gasteiger charge is 2.01. The minimum Gasteiger partial charge on any atom is -0.384 e. The van der Waals surface area contributed by atoms with Crippen molar-refractivity contribution in [2.24, 2.45) is 0 Å². The molecule has 0 fully saturated rings. The van der Waals surface area contributed by atoms with Gasteiger partial charge in [-0.3, -0.25) is 0 Å². The molecule has 1 aromatic carbocycles. The summed E-state index contributed by atoms with van der Waals surface area (Å²) in [6, 6.07) is 9.88. The summed E-state index contributed by atoms with van der Waals surface area (Å²) < 4.78 is 0. The number of aryl methyl sites for hydroxylation is 1. The van der Waals surface area contributed by atoms with Gasteiger partial charge in [-0.1, -0.05) is 25.1 Å². The van der Waals surface area contributed by atoms with Crippen LogP contribution < -0.4 is 5.73 Å². The Morgan fingerprint density at radius 1 is 1.27 bits per heavy atom. The van der Waals surface area contributed by atoms with E-state index in [4.69, 9.17) is 5.73 Å². The molecule has 0 aliphatic carbocycles. The molecule has 2 aromatic rings. The predicted octanol–water partition coefficient (Wildman–Crippen LogP) is 2.29. The van der Waals surface area contributed by atoms with Crippen LogP contribution in [-0.2, 0) is 6.42 Å². The van der Waals surface area contributed by atoms with Gasteiger partial charge in [0.05, 0.1) is 0 Å². The van der Waals surface area contributed by atoms with Gasteiger partial charge in [-0.2, -0.15) is 0 Å². The van der Waals surface area contributed by atoms with Crippen molar-refractivity contribution in [2.45, 2.75) is 13.3 Å². The van der Waals surface area contributed by atoms with Crippen LogP contribution in [0.5, 0.6) is 0 Å². The molecule has 1 aromatic heterocycles. The SMILES string of the molecule is CCc1cccc(-c2nccc(N)n2)c1. The van der Waals surface area contributed by atoms with Gasteiger partial charge in [0.1, 0.15) is 5.82 Å². The van der Waals surface area contributed by atoms with Crippen LogP contribution in [0.4, 0.5) is 5.82 Å². The molecule has 15 heavy (non-hydrogen) atoms. The molecule has 0 aliphatic rings. The number of rotatable bonds is 2. The van der Waals surface area contributed by atoms with E-state index >= 15 is 0 Å². The van der Waals surface area contributed by atoms with E-state index in [0.717, 1.165) is 12.0 Å². The quantitative estimate of drug-likeness (QED) is 0.807. The summed E-state index contributed by atoms with van der Waals surface area (Å²) in [5, 5.41) is 0. The number of hydrogen-bond acceptors (Lipinski definition) is 3. The monoisotopic (exact) mass is 199 g/mol. The average molecular weight is 199 g/mol. The third kappa shape index (κ3) is 2.13. The van der Waals surface area contributed by atoms with Crippen LogP contribution in [0.2, 0.25) is 0 Å². The zero-order chi connectivity index (χ0) is 10.7. The first-order valence-corrected chi connectivity index (χ1v) is 4.97. The second-order valence-electron chi connectivity index (χ2n) is 3.36. The molecule has 0 radical (unpaired) electrons. The van der Waals surface area contributed by atoms with Gasteiger partial charge in [-0.05, 0) is 24.1 Å². The van der Waals surface area contributed by atoms with Gasteiger partial charge in [-0.15, -0.1) is 0 Å². The summed E-state index contributed by atoms with van der Waals surface area (Å²) in [5.41, 5.74) is 7.91. The van der Waals surface area contributed by atoms with Crippen molar-refractivity contribution in [2.75, 3.05) is 5.73 Å². The molecule has 0 amide bonds. The fraction of sp³-hybridized carbons (Fsp3) is 0.167. The Hall–Kier alpha value is -1.90. The number of nitrogens with two attached hydrogens (primary N) is 1. The van der Waals surface area contributed by atoms with Gasteiger partial charge in [0.2, 0.25) is 0 Å². The van der Waals surface area contributed by atoms with Crippen LogP contribution in [0.1, 0.15) is 12.5 Å². The second-order valence-corrected chi connectivity index (χ2v) is 3.36. The van der Waals surface area contributed by atoms with Gasteiger partial charge in [-0.25, -0.2) is 9.97 Å². The van der Waals surface area contributed by atoms with E-state index in [1.165, 1.54) is 5.56 Å². The van der Waals surface area contributed by atoms with Crippen LogP contribution >= 0.6 is 0 Å². The summed E-state index contributed by atoms with van der Waals surface area (Å²) in [4.78, 5) is 8.38. The molecule has 0 aliphatic heterocycles. The fourth-order valence-electron chi connectivity index (χ4n) is 1.44. The molecule has 0 bridgehead atoms. The fourth-order valence-corrected chi connectivity index (χ4v) is 1.44. The third-order valence-corrected chi connectivity index (χ3v) is 2.27. The number of aromatic nitrogens is 2. The summed E-state index contributed by atoms with van der Waals surface area (Å²) in [7, 11) is 0. The van der Waals surface area contributed by atoms with Crippen molar-refractivity contribution in [3.63, 3.8) is 0 Å². The van der Waals surface area contributed by atoms with Crippen molar-refractivity contribution < 1.29 is 0 Å². The Labute approximate surface area is 89.0 Å². The van der Waals surface area contributed by atoms with E-state index in [0.29, 0.717) is 11.6 Å². The molecule has 0 saturated carbocycles. The van der Waals surface area contributed by atoms with E-state index in [-0.39, 0.29) is 0 Å². The van der Waals surface area contributed by atoms with Gasteiger partial charge in [0, 0.05) is 11.8 Å². The molecule has 0 atom stereocenters. The zero-order valence-electron chi connectivity index (χ0n) is 8.64.